The lowest BCUT2D eigenvalue weighted by molar-refractivity contribution is -0.466. The maximum absolute atomic E-state index is 14.7. The van der Waals surface area contributed by atoms with E-state index in [-0.39, 0.29) is 54.2 Å². The fourth-order valence-corrected chi connectivity index (χ4v) is 8.39. The molecule has 0 aliphatic heterocycles. The van der Waals surface area contributed by atoms with E-state index < -0.39 is 17.5 Å². The highest BCUT2D eigenvalue weighted by Gasteiger charge is 2.48. The third kappa shape index (κ3) is 14.0. The van der Waals surface area contributed by atoms with Gasteiger partial charge < -0.3 is 43.2 Å². The molecule has 0 bridgehead atoms. The Labute approximate surface area is 455 Å². The van der Waals surface area contributed by atoms with Crippen LogP contribution >= 0.6 is 0 Å². The third-order valence-electron chi connectivity index (χ3n) is 12.5. The molecule has 0 amide bonds. The molecule has 11 nitrogen and oxygen atoms in total. The zero-order valence-corrected chi connectivity index (χ0v) is 43.7. The molecule has 0 aliphatic carbocycles. The van der Waals surface area contributed by atoms with Crippen LogP contribution in [-0.2, 0) is 38.5 Å². The highest BCUT2D eigenvalue weighted by Crippen LogP contribution is 2.51. The molecule has 0 saturated heterocycles. The van der Waals surface area contributed by atoms with Crippen LogP contribution in [0.5, 0.6) is 46.0 Å². The highest BCUT2D eigenvalue weighted by atomic mass is 17.3. The summed E-state index contributed by atoms with van der Waals surface area (Å²) in [7, 11) is 0. The number of carboxylic acid groups (broad SMARTS) is 1. The van der Waals surface area contributed by atoms with E-state index in [0.717, 1.165) is 27.8 Å². The monoisotopic (exact) mass is 1040 g/mol. The van der Waals surface area contributed by atoms with Gasteiger partial charge in [0.05, 0.1) is 13.2 Å². The zero-order valence-electron chi connectivity index (χ0n) is 43.7. The van der Waals surface area contributed by atoms with Crippen LogP contribution in [0.25, 0.3) is 5.76 Å². The summed E-state index contributed by atoms with van der Waals surface area (Å²) in [6.45, 7) is 5.53. The summed E-state index contributed by atoms with van der Waals surface area (Å²) < 4.78 is 48.9. The number of aryl methyl sites for hydroxylation is 4. The number of rotatable bonds is 26. The van der Waals surface area contributed by atoms with Crippen molar-refractivity contribution in [3.63, 3.8) is 0 Å². The number of para-hydroxylation sites is 5. The second-order valence-electron chi connectivity index (χ2n) is 18.3. The minimum atomic E-state index is -2.46. The molecule has 0 fully saturated rings. The van der Waals surface area contributed by atoms with Gasteiger partial charge in [-0.2, -0.15) is 0 Å². The topological polar surface area (TPSA) is 120 Å². The average molecular weight is 1040 g/mol. The van der Waals surface area contributed by atoms with E-state index in [0.29, 0.717) is 53.6 Å². The molecule has 0 heterocycles. The van der Waals surface area contributed by atoms with Gasteiger partial charge in [0.15, 0.2) is 23.0 Å². The van der Waals surface area contributed by atoms with E-state index in [4.69, 9.17) is 42.9 Å². The molecule has 1 atom stereocenters. The van der Waals surface area contributed by atoms with Crippen molar-refractivity contribution in [1.82, 2.24) is 0 Å². The standard InChI is InChI=1S/C67H60O11/c1-48-26-19-22-40-57(48)75-63-60(73-54-36-15-7-16-37-54)46-56(61(66(68)69)64(63)76-58-41-23-20-27-49(58)2)62(74-55-38-17-8-18-39-55)65(70-47-53-33-13-6-14-34-53)67(72-45-43-52-31-11-5-12-32-52,78-77-59-42-24-21-28-50(59)3)71-44-25-35-51-29-9-4-10-30-51/h4-24,26-34,36-42,46H,25,35,43-45,47H2,1-3H3,(H,68,69). The van der Waals surface area contributed by atoms with E-state index in [9.17, 15) is 9.90 Å². The summed E-state index contributed by atoms with van der Waals surface area (Å²) in [5.41, 5.74) is 4.53. The SMILES string of the molecule is Cc1ccccc1OOC(OCCCc1ccccc1)(OCCc1ccccc1)C(OCc1ccccc1)=C(Oc1ccccc1)c1cc(Oc2ccccc2)c(Oc2ccccc2C)c(Oc2ccccc2C)c1C(=O)O. The summed E-state index contributed by atoms with van der Waals surface area (Å²) in [6, 6.07) is 70.9. The van der Waals surface area contributed by atoms with Gasteiger partial charge in [0.25, 0.3) is 0 Å². The second-order valence-corrected chi connectivity index (χ2v) is 18.3. The van der Waals surface area contributed by atoms with Crippen molar-refractivity contribution in [3.8, 4) is 46.0 Å². The normalized spacial score (nSPS) is 12.1. The average Bonchev–Trinajstić information content (AvgIpc) is 3.50. The van der Waals surface area contributed by atoms with Crippen molar-refractivity contribution in [2.24, 2.45) is 0 Å². The van der Waals surface area contributed by atoms with Gasteiger partial charge in [0.1, 0.15) is 35.2 Å². The quantitative estimate of drug-likeness (QED) is 0.0183. The Hall–Kier alpha value is -9.13. The predicted octanol–water partition coefficient (Wildman–Crippen LogP) is 16.2. The highest BCUT2D eigenvalue weighted by molar-refractivity contribution is 5.99. The van der Waals surface area contributed by atoms with Gasteiger partial charge in [0, 0.05) is 5.56 Å². The lowest BCUT2D eigenvalue weighted by Crippen LogP contribution is -2.45. The van der Waals surface area contributed by atoms with Gasteiger partial charge in [0.2, 0.25) is 11.5 Å². The molecular weight excluding hydrogens is 981 g/mol. The Morgan fingerprint density at radius 2 is 0.923 bits per heavy atom. The van der Waals surface area contributed by atoms with Crippen LogP contribution < -0.4 is 23.8 Å². The van der Waals surface area contributed by atoms with Gasteiger partial charge in [-0.25, -0.2) is 4.79 Å². The van der Waals surface area contributed by atoms with Crippen molar-refractivity contribution in [3.05, 3.63) is 281 Å². The van der Waals surface area contributed by atoms with Gasteiger partial charge >= 0.3 is 11.9 Å². The van der Waals surface area contributed by atoms with Gasteiger partial charge in [-0.15, -0.1) is 4.89 Å². The molecular formula is C67H60O11. The van der Waals surface area contributed by atoms with Crippen LogP contribution in [0, 0.1) is 20.8 Å². The molecule has 1 unspecified atom stereocenters. The number of benzene rings is 9. The smallest absolute Gasteiger partial charge is 0.387 e. The first-order valence-corrected chi connectivity index (χ1v) is 25.8. The molecule has 394 valence electrons. The molecule has 0 aromatic heterocycles. The van der Waals surface area contributed by atoms with Crippen LogP contribution in [0.1, 0.15) is 55.7 Å². The predicted molar refractivity (Wildman–Crippen MR) is 300 cm³/mol. The second kappa shape index (κ2) is 26.6. The third-order valence-corrected chi connectivity index (χ3v) is 12.5. The molecule has 0 radical (unpaired) electrons. The van der Waals surface area contributed by atoms with Crippen LogP contribution in [0.4, 0.5) is 0 Å². The van der Waals surface area contributed by atoms with Crippen molar-refractivity contribution >= 4 is 11.7 Å². The lowest BCUT2D eigenvalue weighted by atomic mass is 10.0. The number of carboxylic acids is 1. The Kier molecular flexibility index (Phi) is 18.3. The van der Waals surface area contributed by atoms with Crippen LogP contribution in [0.2, 0.25) is 0 Å². The molecule has 0 saturated carbocycles. The Balaban J connectivity index is 1.37. The zero-order chi connectivity index (χ0) is 53.9. The van der Waals surface area contributed by atoms with E-state index >= 15 is 0 Å². The maximum atomic E-state index is 14.7. The van der Waals surface area contributed by atoms with E-state index in [1.807, 2.05) is 185 Å². The minimum Gasteiger partial charge on any atom is -0.482 e. The summed E-state index contributed by atoms with van der Waals surface area (Å²) in [6.07, 6.45) is 1.50. The van der Waals surface area contributed by atoms with Gasteiger partial charge in [-0.05, 0) is 122 Å². The van der Waals surface area contributed by atoms with E-state index in [1.54, 1.807) is 60.7 Å². The van der Waals surface area contributed by atoms with E-state index in [1.165, 1.54) is 6.07 Å². The molecule has 1 N–H and O–H groups in total. The maximum Gasteiger partial charge on any atom is 0.387 e. The summed E-state index contributed by atoms with van der Waals surface area (Å²) in [5, 5.41) is 11.9. The fraction of sp³-hybridized carbons (Fsp3) is 0.149. The molecule has 0 spiro atoms. The number of hydrogen-bond donors (Lipinski definition) is 1. The van der Waals surface area contributed by atoms with E-state index in [2.05, 4.69) is 0 Å². The van der Waals surface area contributed by atoms with Crippen molar-refractivity contribution in [2.45, 2.75) is 52.6 Å². The molecule has 9 aromatic rings. The number of carbonyl (C=O) groups is 1. The largest absolute Gasteiger partial charge is 0.482 e. The van der Waals surface area contributed by atoms with Crippen molar-refractivity contribution < 1.29 is 52.8 Å². The van der Waals surface area contributed by atoms with Gasteiger partial charge in [-0.1, -0.05) is 182 Å². The molecule has 11 heteroatoms. The number of aromatic carboxylic acids is 1. The molecule has 9 aromatic carbocycles. The van der Waals surface area contributed by atoms with Crippen molar-refractivity contribution in [1.29, 1.82) is 0 Å². The fourth-order valence-electron chi connectivity index (χ4n) is 8.39. The number of ether oxygens (including phenoxy) is 7. The number of hydrogen-bond acceptors (Lipinski definition) is 10. The first kappa shape index (κ1) is 53.7. The minimum absolute atomic E-state index is 0.0182. The van der Waals surface area contributed by atoms with Crippen LogP contribution in [0.3, 0.4) is 0 Å². The Morgan fingerprint density at radius 1 is 0.462 bits per heavy atom. The molecule has 9 rings (SSSR count). The summed E-state index contributed by atoms with van der Waals surface area (Å²) in [4.78, 5) is 27.8. The lowest BCUT2D eigenvalue weighted by Gasteiger charge is -2.34. The van der Waals surface area contributed by atoms with Crippen LogP contribution in [0.15, 0.2) is 236 Å². The first-order valence-electron chi connectivity index (χ1n) is 25.8. The Morgan fingerprint density at radius 3 is 1.47 bits per heavy atom. The van der Waals surface area contributed by atoms with Gasteiger partial charge in [-0.3, -0.25) is 0 Å². The first-order chi connectivity index (χ1) is 38.2. The molecule has 78 heavy (non-hydrogen) atoms. The summed E-state index contributed by atoms with van der Waals surface area (Å²) >= 11 is 0. The summed E-state index contributed by atoms with van der Waals surface area (Å²) in [5.74, 6) is -2.68. The Bertz CT molecular complexity index is 3390. The van der Waals surface area contributed by atoms with Crippen molar-refractivity contribution in [2.75, 3.05) is 13.2 Å². The molecule has 0 aliphatic rings. The van der Waals surface area contributed by atoms with Crippen LogP contribution in [-0.4, -0.2) is 30.3 Å².